The second kappa shape index (κ2) is 6.63. The maximum absolute atomic E-state index is 14.2. The molecule has 0 radical (unpaired) electrons. The molecule has 0 saturated heterocycles. The van der Waals surface area contributed by atoms with Crippen molar-refractivity contribution in [2.24, 2.45) is 0 Å². The van der Waals surface area contributed by atoms with Gasteiger partial charge in [-0.2, -0.15) is 11.3 Å². The first-order chi connectivity index (χ1) is 11.7. The molecule has 0 N–H and O–H groups in total. The van der Waals surface area contributed by atoms with Crippen LogP contribution in [0.15, 0.2) is 50.5 Å². The minimum atomic E-state index is -3.98. The molecule has 0 bridgehead atoms. The van der Waals surface area contributed by atoms with Crippen molar-refractivity contribution in [2.75, 3.05) is 6.26 Å². The highest BCUT2D eigenvalue weighted by atomic mass is 79.9. The number of halogens is 3. The Morgan fingerprint density at radius 3 is 2.04 bits per heavy atom. The molecule has 1 aromatic heterocycles. The Morgan fingerprint density at radius 2 is 1.52 bits per heavy atom. The molecule has 0 spiro atoms. The summed E-state index contributed by atoms with van der Waals surface area (Å²) in [7, 11) is -3.98. The van der Waals surface area contributed by atoms with Crippen molar-refractivity contribution >= 4 is 37.1 Å². The Kier molecular flexibility index (Phi) is 4.83. The summed E-state index contributed by atoms with van der Waals surface area (Å²) in [4.78, 5) is -0.897. The summed E-state index contributed by atoms with van der Waals surface area (Å²) in [6.07, 6.45) is 0.786. The SMILES string of the molecule is Cc1ccc(-c2cscc2-c2cc(F)c(S(C)(=O)=O)c(F)c2)cc1Br. The zero-order chi connectivity index (χ0) is 18.4. The van der Waals surface area contributed by atoms with E-state index in [-0.39, 0.29) is 0 Å². The summed E-state index contributed by atoms with van der Waals surface area (Å²) in [5.74, 6) is -2.17. The van der Waals surface area contributed by atoms with E-state index < -0.39 is 26.4 Å². The molecule has 0 saturated carbocycles. The van der Waals surface area contributed by atoms with E-state index in [1.807, 2.05) is 30.5 Å². The predicted molar refractivity (Wildman–Crippen MR) is 101 cm³/mol. The van der Waals surface area contributed by atoms with Crippen molar-refractivity contribution in [1.82, 2.24) is 0 Å². The van der Waals surface area contributed by atoms with Crippen LogP contribution in [-0.4, -0.2) is 14.7 Å². The minimum absolute atomic E-state index is 0.301. The van der Waals surface area contributed by atoms with Gasteiger partial charge in [-0.05, 0) is 52.6 Å². The van der Waals surface area contributed by atoms with Crippen LogP contribution < -0.4 is 0 Å². The highest BCUT2D eigenvalue weighted by Gasteiger charge is 2.22. The van der Waals surface area contributed by atoms with E-state index in [4.69, 9.17) is 0 Å². The zero-order valence-electron chi connectivity index (χ0n) is 13.3. The van der Waals surface area contributed by atoms with Crippen LogP contribution in [0.2, 0.25) is 0 Å². The van der Waals surface area contributed by atoms with E-state index >= 15 is 0 Å². The molecule has 1 heterocycles. The largest absolute Gasteiger partial charge is 0.224 e. The third-order valence-corrected chi connectivity index (χ3v) is 6.55. The zero-order valence-corrected chi connectivity index (χ0v) is 16.5. The topological polar surface area (TPSA) is 34.1 Å². The first-order valence-electron chi connectivity index (χ1n) is 7.20. The van der Waals surface area contributed by atoms with Gasteiger partial charge in [0.1, 0.15) is 16.5 Å². The molecule has 0 atom stereocenters. The second-order valence-corrected chi connectivity index (χ2v) is 9.25. The lowest BCUT2D eigenvalue weighted by Gasteiger charge is -2.09. The molecule has 0 amide bonds. The van der Waals surface area contributed by atoms with Crippen molar-refractivity contribution in [3.63, 3.8) is 0 Å². The molecule has 3 aromatic rings. The number of benzene rings is 2. The van der Waals surface area contributed by atoms with Gasteiger partial charge >= 0.3 is 0 Å². The van der Waals surface area contributed by atoms with Crippen LogP contribution in [0.5, 0.6) is 0 Å². The van der Waals surface area contributed by atoms with Gasteiger partial charge in [0.25, 0.3) is 0 Å². The Labute approximate surface area is 157 Å². The number of thiophene rings is 1. The first kappa shape index (κ1) is 18.2. The van der Waals surface area contributed by atoms with Crippen LogP contribution in [-0.2, 0) is 9.84 Å². The van der Waals surface area contributed by atoms with E-state index in [1.54, 1.807) is 5.38 Å². The van der Waals surface area contributed by atoms with Crippen LogP contribution in [0.1, 0.15) is 5.56 Å². The Hall–Kier alpha value is -1.57. The fourth-order valence-electron chi connectivity index (χ4n) is 2.57. The Bertz CT molecular complexity index is 1050. The average molecular weight is 443 g/mol. The van der Waals surface area contributed by atoms with Crippen LogP contribution in [0, 0.1) is 18.6 Å². The molecule has 2 nitrogen and oxygen atoms in total. The highest BCUT2D eigenvalue weighted by Crippen LogP contribution is 2.38. The fourth-order valence-corrected chi connectivity index (χ4v) is 4.65. The van der Waals surface area contributed by atoms with Crippen molar-refractivity contribution < 1.29 is 17.2 Å². The molecule has 0 aliphatic heterocycles. The maximum atomic E-state index is 14.2. The van der Waals surface area contributed by atoms with E-state index in [0.717, 1.165) is 39.6 Å². The van der Waals surface area contributed by atoms with Gasteiger partial charge in [-0.25, -0.2) is 17.2 Å². The minimum Gasteiger partial charge on any atom is -0.224 e. The molecule has 7 heteroatoms. The van der Waals surface area contributed by atoms with Crippen molar-refractivity contribution in [2.45, 2.75) is 11.8 Å². The number of sulfone groups is 1. The third kappa shape index (κ3) is 3.54. The number of hydrogen-bond donors (Lipinski definition) is 0. The van der Waals surface area contributed by atoms with E-state index in [0.29, 0.717) is 11.1 Å². The average Bonchev–Trinajstić information content (AvgIpc) is 2.97. The van der Waals surface area contributed by atoms with Gasteiger partial charge in [0.15, 0.2) is 9.84 Å². The summed E-state index contributed by atoms with van der Waals surface area (Å²) >= 11 is 4.89. The van der Waals surface area contributed by atoms with Gasteiger partial charge < -0.3 is 0 Å². The summed E-state index contributed by atoms with van der Waals surface area (Å²) in [6, 6.07) is 7.96. The van der Waals surface area contributed by atoms with Crippen LogP contribution in [0.25, 0.3) is 22.3 Å². The molecule has 3 rings (SSSR count). The standard InChI is InChI=1S/C18H13BrF2O2S2/c1-10-3-4-11(5-15(10)19)13-8-24-9-14(13)12-6-16(20)18(17(21)7-12)25(2,22)23/h3-9H,1-2H3. The van der Waals surface area contributed by atoms with E-state index in [1.165, 1.54) is 11.3 Å². The Balaban J connectivity index is 2.17. The monoisotopic (exact) mass is 442 g/mol. The first-order valence-corrected chi connectivity index (χ1v) is 10.8. The highest BCUT2D eigenvalue weighted by molar-refractivity contribution is 9.10. The Morgan fingerprint density at radius 1 is 0.960 bits per heavy atom. The van der Waals surface area contributed by atoms with Gasteiger partial charge in [0, 0.05) is 21.9 Å². The van der Waals surface area contributed by atoms with Crippen molar-refractivity contribution in [1.29, 1.82) is 0 Å². The number of hydrogen-bond acceptors (Lipinski definition) is 3. The summed E-state index contributed by atoms with van der Waals surface area (Å²) < 4.78 is 52.5. The molecule has 0 aliphatic rings. The lowest BCUT2D eigenvalue weighted by molar-refractivity contribution is 0.522. The summed E-state index contributed by atoms with van der Waals surface area (Å²) in [5, 5.41) is 3.68. The summed E-state index contributed by atoms with van der Waals surface area (Å²) in [6.45, 7) is 1.97. The maximum Gasteiger partial charge on any atom is 0.181 e. The van der Waals surface area contributed by atoms with Gasteiger partial charge in [-0.3, -0.25) is 0 Å². The van der Waals surface area contributed by atoms with E-state index in [9.17, 15) is 17.2 Å². The normalized spacial score (nSPS) is 11.7. The molecule has 130 valence electrons. The molecule has 0 aliphatic carbocycles. The van der Waals surface area contributed by atoms with Crippen LogP contribution in [0.4, 0.5) is 8.78 Å². The van der Waals surface area contributed by atoms with Crippen molar-refractivity contribution in [3.05, 3.63) is 62.8 Å². The lowest BCUT2D eigenvalue weighted by Crippen LogP contribution is -2.04. The molecule has 25 heavy (non-hydrogen) atoms. The molecule has 0 fully saturated rings. The van der Waals surface area contributed by atoms with Crippen LogP contribution in [0.3, 0.4) is 0 Å². The van der Waals surface area contributed by atoms with Crippen molar-refractivity contribution in [3.8, 4) is 22.3 Å². The molecular formula is C18H13BrF2O2S2. The second-order valence-electron chi connectivity index (χ2n) is 5.70. The number of rotatable bonds is 3. The molecule has 2 aromatic carbocycles. The van der Waals surface area contributed by atoms with Crippen LogP contribution >= 0.6 is 27.3 Å². The summed E-state index contributed by atoms with van der Waals surface area (Å²) in [5.41, 5.74) is 3.77. The molecular weight excluding hydrogens is 430 g/mol. The lowest BCUT2D eigenvalue weighted by atomic mass is 9.98. The smallest absolute Gasteiger partial charge is 0.181 e. The van der Waals surface area contributed by atoms with Gasteiger partial charge in [0.2, 0.25) is 0 Å². The van der Waals surface area contributed by atoms with Gasteiger partial charge in [-0.15, -0.1) is 0 Å². The van der Waals surface area contributed by atoms with Gasteiger partial charge in [0.05, 0.1) is 0 Å². The quantitative estimate of drug-likeness (QED) is 0.510. The predicted octanol–water partition coefficient (Wildman–Crippen LogP) is 5.83. The molecule has 0 unspecified atom stereocenters. The fraction of sp³-hybridized carbons (Fsp3) is 0.111. The van der Waals surface area contributed by atoms with E-state index in [2.05, 4.69) is 15.9 Å². The van der Waals surface area contributed by atoms with Gasteiger partial charge in [-0.1, -0.05) is 28.1 Å². The third-order valence-electron chi connectivity index (χ3n) is 3.82. The number of aryl methyl sites for hydroxylation is 1.